The minimum atomic E-state index is -0.443. The van der Waals surface area contributed by atoms with E-state index in [1.807, 2.05) is 6.07 Å². The molecule has 7 nitrogen and oxygen atoms in total. The molecule has 1 aliphatic heterocycles. The number of nitrogens with one attached hydrogen (secondary N) is 1. The molecular formula is C28H27ClN2O5. The number of carbonyl (C=O) groups excluding carboxylic acids is 3. The predicted molar refractivity (Wildman–Crippen MR) is 135 cm³/mol. The number of esters is 1. The summed E-state index contributed by atoms with van der Waals surface area (Å²) in [7, 11) is 0. The van der Waals surface area contributed by atoms with Gasteiger partial charge in [-0.25, -0.2) is 4.79 Å². The number of hydrogen-bond acceptors (Lipinski definition) is 5. The third-order valence-electron chi connectivity index (χ3n) is 6.13. The number of allylic oxidation sites excluding steroid dienone is 1. The minimum Gasteiger partial charge on any atom is -0.467 e. The number of ether oxygens (including phenoxy) is 1. The average Bonchev–Trinajstić information content (AvgIpc) is 3.39. The van der Waals surface area contributed by atoms with E-state index in [0.29, 0.717) is 34.2 Å². The number of furan rings is 1. The van der Waals surface area contributed by atoms with Crippen molar-refractivity contribution in [2.45, 2.75) is 39.3 Å². The van der Waals surface area contributed by atoms with Gasteiger partial charge in [-0.1, -0.05) is 35.9 Å². The molecule has 0 aliphatic carbocycles. The zero-order valence-electron chi connectivity index (χ0n) is 20.1. The Labute approximate surface area is 214 Å². The summed E-state index contributed by atoms with van der Waals surface area (Å²) in [4.78, 5) is 40.2. The summed E-state index contributed by atoms with van der Waals surface area (Å²) >= 11 is 6.18. The SMILES string of the molecule is CCOC(=O)C1=C(C)N(Cc2ccc(C(=O)NCc3ccco3)cc2)C(=O)C[C@@H]1c1cccc(Cl)c1. The topological polar surface area (TPSA) is 88.8 Å². The van der Waals surface area contributed by atoms with Crippen molar-refractivity contribution in [1.82, 2.24) is 10.2 Å². The second-order valence-corrected chi connectivity index (χ2v) is 8.91. The Morgan fingerprint density at radius 2 is 1.92 bits per heavy atom. The zero-order chi connectivity index (χ0) is 25.7. The first-order chi connectivity index (χ1) is 17.4. The average molecular weight is 507 g/mol. The standard InChI is InChI=1S/C28H27ClN2O5/c1-3-35-28(34)26-18(2)31(25(32)15-24(26)21-6-4-7-22(29)14-21)17-19-9-11-20(12-10-19)27(33)30-16-23-8-5-13-36-23/h4-14,24H,3,15-17H2,1-2H3,(H,30,33)/t24-/m1/s1. The van der Waals surface area contributed by atoms with Gasteiger partial charge in [-0.15, -0.1) is 0 Å². The molecule has 0 fully saturated rings. The highest BCUT2D eigenvalue weighted by molar-refractivity contribution is 6.30. The van der Waals surface area contributed by atoms with E-state index in [4.69, 9.17) is 20.8 Å². The molecule has 3 aromatic rings. The number of hydrogen-bond donors (Lipinski definition) is 1. The van der Waals surface area contributed by atoms with Crippen LogP contribution in [0.3, 0.4) is 0 Å². The van der Waals surface area contributed by atoms with Gasteiger partial charge in [-0.2, -0.15) is 0 Å². The van der Waals surface area contributed by atoms with Crippen molar-refractivity contribution >= 4 is 29.4 Å². The first-order valence-corrected chi connectivity index (χ1v) is 12.1. The van der Waals surface area contributed by atoms with Crippen LogP contribution in [0.2, 0.25) is 5.02 Å². The van der Waals surface area contributed by atoms with E-state index < -0.39 is 11.9 Å². The quantitative estimate of drug-likeness (QED) is 0.423. The molecule has 1 N–H and O–H groups in total. The number of rotatable bonds is 8. The van der Waals surface area contributed by atoms with Crippen LogP contribution in [0.4, 0.5) is 0 Å². The molecule has 1 aromatic heterocycles. The van der Waals surface area contributed by atoms with E-state index in [9.17, 15) is 14.4 Å². The molecule has 36 heavy (non-hydrogen) atoms. The van der Waals surface area contributed by atoms with Gasteiger partial charge in [-0.3, -0.25) is 9.59 Å². The molecule has 2 amide bonds. The van der Waals surface area contributed by atoms with Crippen LogP contribution in [-0.4, -0.2) is 29.3 Å². The fourth-order valence-electron chi connectivity index (χ4n) is 4.31. The second-order valence-electron chi connectivity index (χ2n) is 8.47. The van der Waals surface area contributed by atoms with E-state index in [0.717, 1.165) is 11.1 Å². The van der Waals surface area contributed by atoms with E-state index in [1.54, 1.807) is 79.6 Å². The van der Waals surface area contributed by atoms with Crippen LogP contribution in [-0.2, 0) is 27.4 Å². The minimum absolute atomic E-state index is 0.106. The summed E-state index contributed by atoms with van der Waals surface area (Å²) in [5, 5.41) is 3.34. The Morgan fingerprint density at radius 1 is 1.14 bits per heavy atom. The highest BCUT2D eigenvalue weighted by atomic mass is 35.5. The van der Waals surface area contributed by atoms with E-state index >= 15 is 0 Å². The summed E-state index contributed by atoms with van der Waals surface area (Å²) in [5.41, 5.74) is 3.12. The van der Waals surface area contributed by atoms with Crippen molar-refractivity contribution in [3.63, 3.8) is 0 Å². The summed E-state index contributed by atoms with van der Waals surface area (Å²) in [6.45, 7) is 4.31. The van der Waals surface area contributed by atoms with Crippen LogP contribution in [0.5, 0.6) is 0 Å². The lowest BCUT2D eigenvalue weighted by molar-refractivity contribution is -0.140. The van der Waals surface area contributed by atoms with E-state index in [1.165, 1.54) is 0 Å². The van der Waals surface area contributed by atoms with Crippen LogP contribution in [0.25, 0.3) is 0 Å². The third kappa shape index (κ3) is 5.69. The maximum atomic E-state index is 13.2. The van der Waals surface area contributed by atoms with Gasteiger partial charge in [0, 0.05) is 28.6 Å². The van der Waals surface area contributed by atoms with E-state index in [2.05, 4.69) is 5.32 Å². The van der Waals surface area contributed by atoms with Crippen LogP contribution in [0, 0.1) is 0 Å². The molecule has 0 saturated carbocycles. The van der Waals surface area contributed by atoms with E-state index in [-0.39, 0.29) is 31.4 Å². The van der Waals surface area contributed by atoms with Gasteiger partial charge in [-0.05, 0) is 61.4 Å². The van der Waals surface area contributed by atoms with Crippen molar-refractivity contribution in [1.29, 1.82) is 0 Å². The second kappa shape index (κ2) is 11.3. The molecule has 0 unspecified atom stereocenters. The van der Waals surface area contributed by atoms with Crippen molar-refractivity contribution in [3.05, 3.63) is 106 Å². The number of carbonyl (C=O) groups is 3. The summed E-state index contributed by atoms with van der Waals surface area (Å²) in [5.74, 6) is -0.546. The summed E-state index contributed by atoms with van der Waals surface area (Å²) in [6.07, 6.45) is 1.68. The summed E-state index contributed by atoms with van der Waals surface area (Å²) < 4.78 is 10.6. The fourth-order valence-corrected chi connectivity index (χ4v) is 4.51. The Balaban J connectivity index is 1.54. The summed E-state index contributed by atoms with van der Waals surface area (Å²) in [6, 6.07) is 17.8. The molecule has 1 atom stereocenters. The van der Waals surface area contributed by atoms with Crippen molar-refractivity contribution < 1.29 is 23.5 Å². The third-order valence-corrected chi connectivity index (χ3v) is 6.36. The lowest BCUT2D eigenvalue weighted by atomic mass is 9.83. The smallest absolute Gasteiger partial charge is 0.336 e. The van der Waals surface area contributed by atoms with Gasteiger partial charge in [0.25, 0.3) is 5.91 Å². The zero-order valence-corrected chi connectivity index (χ0v) is 20.9. The lowest BCUT2D eigenvalue weighted by Gasteiger charge is -2.34. The Bertz CT molecular complexity index is 1280. The number of benzene rings is 2. The first kappa shape index (κ1) is 25.3. The van der Waals surface area contributed by atoms with Gasteiger partial charge < -0.3 is 19.4 Å². The Kier molecular flexibility index (Phi) is 7.90. The number of halogens is 1. The maximum Gasteiger partial charge on any atom is 0.336 e. The fraction of sp³-hybridized carbons (Fsp3) is 0.250. The van der Waals surface area contributed by atoms with Crippen LogP contribution < -0.4 is 5.32 Å². The highest BCUT2D eigenvalue weighted by Gasteiger charge is 2.37. The molecule has 2 heterocycles. The largest absolute Gasteiger partial charge is 0.467 e. The molecule has 0 radical (unpaired) electrons. The van der Waals surface area contributed by atoms with Gasteiger partial charge in [0.1, 0.15) is 5.76 Å². The van der Waals surface area contributed by atoms with Gasteiger partial charge in [0.15, 0.2) is 0 Å². The van der Waals surface area contributed by atoms with Gasteiger partial charge in [0.2, 0.25) is 5.91 Å². The molecular weight excluding hydrogens is 480 g/mol. The highest BCUT2D eigenvalue weighted by Crippen LogP contribution is 2.38. The van der Waals surface area contributed by atoms with Crippen molar-refractivity contribution in [2.75, 3.05) is 6.61 Å². The van der Waals surface area contributed by atoms with Gasteiger partial charge >= 0.3 is 5.97 Å². The molecule has 186 valence electrons. The lowest BCUT2D eigenvalue weighted by Crippen LogP contribution is -2.38. The predicted octanol–water partition coefficient (Wildman–Crippen LogP) is 5.22. The van der Waals surface area contributed by atoms with Crippen LogP contribution in [0.1, 0.15) is 53.4 Å². The van der Waals surface area contributed by atoms with Crippen LogP contribution >= 0.6 is 11.6 Å². The van der Waals surface area contributed by atoms with Crippen molar-refractivity contribution in [3.8, 4) is 0 Å². The monoisotopic (exact) mass is 506 g/mol. The normalized spacial score (nSPS) is 15.7. The molecule has 2 aromatic carbocycles. The van der Waals surface area contributed by atoms with Crippen molar-refractivity contribution in [2.24, 2.45) is 0 Å². The molecule has 1 aliphatic rings. The van der Waals surface area contributed by atoms with Crippen LogP contribution in [0.15, 0.2) is 82.6 Å². The Hall–Kier alpha value is -3.84. The van der Waals surface area contributed by atoms with Gasteiger partial charge in [0.05, 0.1) is 31.5 Å². The molecule has 0 bridgehead atoms. The molecule has 0 spiro atoms. The molecule has 4 rings (SSSR count). The number of amides is 2. The first-order valence-electron chi connectivity index (χ1n) is 11.7. The molecule has 0 saturated heterocycles. The maximum absolute atomic E-state index is 13.2. The Morgan fingerprint density at radius 3 is 2.58 bits per heavy atom. The number of nitrogens with zero attached hydrogens (tertiary/aromatic N) is 1. The molecule has 8 heteroatoms.